The molecule has 2 bridgehead atoms. The summed E-state index contributed by atoms with van der Waals surface area (Å²) in [4.78, 5) is 41.7. The third-order valence-corrected chi connectivity index (χ3v) is 6.69. The van der Waals surface area contributed by atoms with Crippen LogP contribution in [0.1, 0.15) is 40.5 Å². The van der Waals surface area contributed by atoms with Crippen LogP contribution in [0.25, 0.3) is 0 Å². The molecule has 26 heavy (non-hydrogen) atoms. The van der Waals surface area contributed by atoms with Crippen molar-refractivity contribution in [3.8, 4) is 0 Å². The number of amides is 2. The van der Waals surface area contributed by atoms with Gasteiger partial charge in [-0.2, -0.15) is 0 Å². The normalized spacial score (nSPS) is 37.2. The van der Waals surface area contributed by atoms with E-state index in [1.54, 1.807) is 0 Å². The summed E-state index contributed by atoms with van der Waals surface area (Å²) >= 11 is 0. The lowest BCUT2D eigenvalue weighted by Crippen LogP contribution is -2.56. The summed E-state index contributed by atoms with van der Waals surface area (Å²) in [5, 5.41) is 10.4. The van der Waals surface area contributed by atoms with Crippen LogP contribution in [-0.4, -0.2) is 64.8 Å². The molecule has 0 aromatic heterocycles. The minimum absolute atomic E-state index is 0. The second kappa shape index (κ2) is 7.56. The third kappa shape index (κ3) is 3.20. The molecule has 6 atom stereocenters. The Balaban J connectivity index is 0.00000243. The number of β-amino-alcohol motifs (C(OH)–C–C–N with tert-alkyl or cyclic N) is 1. The number of Topliss-reactive ketones (excluding diaryl/α,β-unsaturated/α-hetero) is 1. The Morgan fingerprint density at radius 3 is 2.35 bits per heavy atom. The van der Waals surface area contributed by atoms with Gasteiger partial charge >= 0.3 is 0 Å². The Labute approximate surface area is 161 Å². The highest BCUT2D eigenvalue weighted by Gasteiger charge is 2.67. The minimum atomic E-state index is -0.758. The number of hydrogen-bond acceptors (Lipinski definition) is 5. The van der Waals surface area contributed by atoms with Crippen LogP contribution >= 0.6 is 12.4 Å². The van der Waals surface area contributed by atoms with Crippen molar-refractivity contribution in [3.05, 3.63) is 0 Å². The first-order valence-electron chi connectivity index (χ1n) is 9.51. The molecule has 1 saturated heterocycles. The Morgan fingerprint density at radius 1 is 1.19 bits per heavy atom. The van der Waals surface area contributed by atoms with Crippen molar-refractivity contribution < 1.29 is 19.5 Å². The number of carbonyl (C=O) groups is 3. The standard InChI is InChI=1S/C19H30N2O4.ClH/c1-5-20(6-2)9-12(22)10-21-17(24)15-14-11(3)7-19(4,8-13(14)23)16(15)18(21)25;/h11-12,14-16,22H,5-10H2,1-4H3;1H. The summed E-state index contributed by atoms with van der Waals surface area (Å²) in [5.41, 5.74) is -0.415. The molecule has 0 aromatic carbocycles. The first-order valence-corrected chi connectivity index (χ1v) is 9.51. The fourth-order valence-electron chi connectivity index (χ4n) is 5.63. The molecule has 148 valence electrons. The molecule has 1 N–H and O–H groups in total. The van der Waals surface area contributed by atoms with Crippen LogP contribution < -0.4 is 0 Å². The van der Waals surface area contributed by atoms with Gasteiger partial charge in [0.05, 0.1) is 24.5 Å². The smallest absolute Gasteiger partial charge is 0.233 e. The van der Waals surface area contributed by atoms with Gasteiger partial charge in [-0.1, -0.05) is 27.7 Å². The molecule has 3 aliphatic carbocycles. The molecular formula is C19H31ClN2O4. The Hall–Kier alpha value is -0.980. The predicted octanol–water partition coefficient (Wildman–Crippen LogP) is 1.35. The zero-order chi connectivity index (χ0) is 18.5. The van der Waals surface area contributed by atoms with Crippen LogP contribution in [0.5, 0.6) is 0 Å². The van der Waals surface area contributed by atoms with Gasteiger partial charge in [-0.15, -0.1) is 12.4 Å². The second-order valence-corrected chi connectivity index (χ2v) is 8.43. The number of imide groups is 1. The first-order chi connectivity index (χ1) is 11.7. The quantitative estimate of drug-likeness (QED) is 0.697. The molecule has 1 heterocycles. The van der Waals surface area contributed by atoms with E-state index in [9.17, 15) is 19.5 Å². The van der Waals surface area contributed by atoms with E-state index in [-0.39, 0.29) is 54.3 Å². The van der Waals surface area contributed by atoms with Crippen molar-refractivity contribution in [2.24, 2.45) is 29.1 Å². The van der Waals surface area contributed by atoms with Crippen LogP contribution in [0, 0.1) is 29.1 Å². The van der Waals surface area contributed by atoms with Crippen molar-refractivity contribution in [2.75, 3.05) is 26.2 Å². The van der Waals surface area contributed by atoms with E-state index in [0.29, 0.717) is 13.0 Å². The van der Waals surface area contributed by atoms with Crippen molar-refractivity contribution >= 4 is 30.0 Å². The van der Waals surface area contributed by atoms with E-state index >= 15 is 0 Å². The van der Waals surface area contributed by atoms with Crippen LogP contribution in [0.2, 0.25) is 0 Å². The number of aliphatic hydroxyl groups is 1. The number of aliphatic hydroxyl groups excluding tert-OH is 1. The van der Waals surface area contributed by atoms with Gasteiger partial charge in [0.1, 0.15) is 5.78 Å². The summed E-state index contributed by atoms with van der Waals surface area (Å²) in [6.07, 6.45) is 0.462. The summed E-state index contributed by atoms with van der Waals surface area (Å²) in [6.45, 7) is 10.1. The highest BCUT2D eigenvalue weighted by Crippen LogP contribution is 2.60. The zero-order valence-corrected chi connectivity index (χ0v) is 16.9. The number of fused-ring (bicyclic) bond motifs is 2. The topological polar surface area (TPSA) is 77.9 Å². The minimum Gasteiger partial charge on any atom is -0.390 e. The fraction of sp³-hybridized carbons (Fsp3) is 0.842. The number of hydrogen-bond donors (Lipinski definition) is 1. The molecular weight excluding hydrogens is 356 g/mol. The third-order valence-electron chi connectivity index (χ3n) is 6.69. The van der Waals surface area contributed by atoms with Crippen LogP contribution in [0.15, 0.2) is 0 Å². The second-order valence-electron chi connectivity index (χ2n) is 8.43. The van der Waals surface area contributed by atoms with Crippen molar-refractivity contribution in [2.45, 2.75) is 46.6 Å². The highest BCUT2D eigenvalue weighted by atomic mass is 35.5. The monoisotopic (exact) mass is 386 g/mol. The molecule has 0 aromatic rings. The SMILES string of the molecule is CCN(CC)CC(O)CN1C(=O)C2C3C(=O)CC(C)(CC3C)C2C1=O.Cl. The summed E-state index contributed by atoms with van der Waals surface area (Å²) in [6, 6.07) is 0. The highest BCUT2D eigenvalue weighted by molar-refractivity contribution is 6.09. The van der Waals surface area contributed by atoms with Gasteiger partial charge in [0.25, 0.3) is 0 Å². The van der Waals surface area contributed by atoms with E-state index in [1.165, 1.54) is 4.90 Å². The molecule has 0 spiro atoms. The molecule has 2 amide bonds. The predicted molar refractivity (Wildman–Crippen MR) is 99.7 cm³/mol. The number of nitrogens with zero attached hydrogens (tertiary/aromatic N) is 2. The summed E-state index contributed by atoms with van der Waals surface area (Å²) in [7, 11) is 0. The van der Waals surface area contributed by atoms with Crippen LogP contribution in [0.4, 0.5) is 0 Å². The largest absolute Gasteiger partial charge is 0.390 e. The van der Waals surface area contributed by atoms with E-state index in [0.717, 1.165) is 19.5 Å². The van der Waals surface area contributed by atoms with Gasteiger partial charge in [-0.3, -0.25) is 19.3 Å². The molecule has 4 rings (SSSR count). The van der Waals surface area contributed by atoms with Gasteiger partial charge < -0.3 is 10.0 Å². The fourth-order valence-corrected chi connectivity index (χ4v) is 5.63. The molecule has 1 aliphatic heterocycles. The van der Waals surface area contributed by atoms with Gasteiger partial charge in [0.2, 0.25) is 11.8 Å². The van der Waals surface area contributed by atoms with E-state index in [2.05, 4.69) is 4.90 Å². The average molecular weight is 387 g/mol. The van der Waals surface area contributed by atoms with Gasteiger partial charge in [0, 0.05) is 18.9 Å². The Bertz CT molecular complexity index is 594. The summed E-state index contributed by atoms with van der Waals surface area (Å²) in [5.74, 6) is -1.38. The van der Waals surface area contributed by atoms with E-state index in [4.69, 9.17) is 0 Å². The summed E-state index contributed by atoms with van der Waals surface area (Å²) < 4.78 is 0. The van der Waals surface area contributed by atoms with E-state index < -0.39 is 17.4 Å². The Morgan fingerprint density at radius 2 is 1.81 bits per heavy atom. The molecule has 0 radical (unpaired) electrons. The number of likely N-dealkylation sites (tertiary alicyclic amines) is 1. The molecule has 6 nitrogen and oxygen atoms in total. The molecule has 7 heteroatoms. The van der Waals surface area contributed by atoms with Gasteiger partial charge in [-0.25, -0.2) is 0 Å². The van der Waals surface area contributed by atoms with Crippen LogP contribution in [-0.2, 0) is 14.4 Å². The lowest BCUT2D eigenvalue weighted by atomic mass is 9.48. The number of ketones is 1. The van der Waals surface area contributed by atoms with Crippen molar-refractivity contribution in [1.82, 2.24) is 9.80 Å². The average Bonchev–Trinajstić information content (AvgIpc) is 2.78. The molecule has 3 saturated carbocycles. The number of likely N-dealkylation sites (N-methyl/N-ethyl adjacent to an activating group) is 1. The maximum absolute atomic E-state index is 13.0. The zero-order valence-electron chi connectivity index (χ0n) is 16.1. The van der Waals surface area contributed by atoms with Crippen molar-refractivity contribution in [1.29, 1.82) is 0 Å². The first kappa shape index (κ1) is 21.3. The van der Waals surface area contributed by atoms with Crippen LogP contribution in [0.3, 0.4) is 0 Å². The molecule has 4 fully saturated rings. The molecule has 4 aliphatic rings. The maximum atomic E-state index is 13.0. The number of carbonyl (C=O) groups excluding carboxylic acids is 3. The lowest BCUT2D eigenvalue weighted by molar-refractivity contribution is -0.157. The van der Waals surface area contributed by atoms with Gasteiger partial charge in [-0.05, 0) is 30.8 Å². The van der Waals surface area contributed by atoms with Crippen molar-refractivity contribution in [3.63, 3.8) is 0 Å². The molecule has 6 unspecified atom stereocenters. The van der Waals surface area contributed by atoms with E-state index in [1.807, 2.05) is 27.7 Å². The number of rotatable bonds is 6. The van der Waals surface area contributed by atoms with Gasteiger partial charge in [0.15, 0.2) is 0 Å². The maximum Gasteiger partial charge on any atom is 0.233 e. The number of halogens is 1. The lowest BCUT2D eigenvalue weighted by Gasteiger charge is -2.52. The Kier molecular flexibility index (Phi) is 6.20.